The third-order valence-corrected chi connectivity index (χ3v) is 3.46. The van der Waals surface area contributed by atoms with E-state index in [1.807, 2.05) is 25.1 Å². The molecule has 2 aromatic rings. The molecule has 0 aliphatic rings. The van der Waals surface area contributed by atoms with E-state index < -0.39 is 11.7 Å². The predicted octanol–water partition coefficient (Wildman–Crippen LogP) is 5.19. The van der Waals surface area contributed by atoms with Gasteiger partial charge in [-0.1, -0.05) is 37.3 Å². The first-order chi connectivity index (χ1) is 9.91. The first-order valence-electron chi connectivity index (χ1n) is 6.90. The molecule has 1 nitrogen and oxygen atoms in total. The second kappa shape index (κ2) is 6.20. The first kappa shape index (κ1) is 15.4. The number of hydrogen-bond donors (Lipinski definition) is 1. The van der Waals surface area contributed by atoms with E-state index in [0.717, 1.165) is 23.7 Å². The molecule has 2 aromatic carbocycles. The average Bonchev–Trinajstić information content (AvgIpc) is 2.45. The Balaban J connectivity index is 2.18. The van der Waals surface area contributed by atoms with E-state index in [9.17, 15) is 13.2 Å². The van der Waals surface area contributed by atoms with Crippen molar-refractivity contribution in [2.24, 2.45) is 0 Å². The van der Waals surface area contributed by atoms with Crippen LogP contribution in [0.2, 0.25) is 0 Å². The van der Waals surface area contributed by atoms with Crippen LogP contribution in [0, 0.1) is 6.92 Å². The molecule has 0 bridgehead atoms. The smallest absolute Gasteiger partial charge is 0.381 e. The second-order valence-corrected chi connectivity index (χ2v) is 5.01. The molecule has 112 valence electrons. The van der Waals surface area contributed by atoms with Crippen LogP contribution in [0.15, 0.2) is 42.5 Å². The van der Waals surface area contributed by atoms with Crippen LogP contribution in [0.4, 0.5) is 18.9 Å². The van der Waals surface area contributed by atoms with Crippen molar-refractivity contribution >= 4 is 5.69 Å². The molecule has 0 fully saturated rings. The van der Waals surface area contributed by atoms with Gasteiger partial charge in [0.2, 0.25) is 0 Å². The summed E-state index contributed by atoms with van der Waals surface area (Å²) in [6, 6.07) is 11.4. The van der Waals surface area contributed by atoms with Gasteiger partial charge in [0.25, 0.3) is 0 Å². The Hall–Kier alpha value is -1.97. The van der Waals surface area contributed by atoms with Crippen LogP contribution < -0.4 is 5.32 Å². The van der Waals surface area contributed by atoms with E-state index >= 15 is 0 Å². The maximum absolute atomic E-state index is 12.7. The minimum absolute atomic E-state index is 0.377. The van der Waals surface area contributed by atoms with Crippen molar-refractivity contribution in [3.63, 3.8) is 0 Å². The van der Waals surface area contributed by atoms with Gasteiger partial charge in [-0.2, -0.15) is 13.2 Å². The predicted molar refractivity (Wildman–Crippen MR) is 79.3 cm³/mol. The Morgan fingerprint density at radius 1 is 1.05 bits per heavy atom. The molecule has 1 N–H and O–H groups in total. The van der Waals surface area contributed by atoms with Gasteiger partial charge in [-0.25, -0.2) is 0 Å². The Bertz CT molecular complexity index is 618. The molecule has 0 amide bonds. The number of hydrogen-bond acceptors (Lipinski definition) is 1. The Labute approximate surface area is 122 Å². The topological polar surface area (TPSA) is 12.0 Å². The molecule has 0 radical (unpaired) electrons. The number of nitrogens with one attached hydrogen (secondary N) is 1. The minimum atomic E-state index is -4.30. The number of alkyl halides is 3. The molecule has 2 rings (SSSR count). The molecular weight excluding hydrogens is 275 g/mol. The molecule has 0 saturated carbocycles. The van der Waals surface area contributed by atoms with Gasteiger partial charge in [0.15, 0.2) is 0 Å². The van der Waals surface area contributed by atoms with Gasteiger partial charge in [0, 0.05) is 12.2 Å². The molecule has 0 aliphatic heterocycles. The van der Waals surface area contributed by atoms with Crippen molar-refractivity contribution in [3.05, 3.63) is 64.7 Å². The Morgan fingerprint density at radius 3 is 2.43 bits per heavy atom. The molecule has 0 aliphatic carbocycles. The van der Waals surface area contributed by atoms with E-state index in [1.165, 1.54) is 17.7 Å². The van der Waals surface area contributed by atoms with Gasteiger partial charge >= 0.3 is 6.18 Å². The van der Waals surface area contributed by atoms with Crippen molar-refractivity contribution in [1.29, 1.82) is 0 Å². The SMILES string of the molecule is CCc1cccc(C)c1NCc1cccc(C(F)(F)F)c1. The zero-order chi connectivity index (χ0) is 15.5. The van der Waals surface area contributed by atoms with Crippen LogP contribution >= 0.6 is 0 Å². The van der Waals surface area contributed by atoms with E-state index in [-0.39, 0.29) is 0 Å². The summed E-state index contributed by atoms with van der Waals surface area (Å²) in [4.78, 5) is 0. The Morgan fingerprint density at radius 2 is 1.76 bits per heavy atom. The maximum Gasteiger partial charge on any atom is 0.416 e. The molecule has 21 heavy (non-hydrogen) atoms. The van der Waals surface area contributed by atoms with Crippen LogP contribution in [-0.2, 0) is 19.1 Å². The van der Waals surface area contributed by atoms with Gasteiger partial charge < -0.3 is 5.32 Å². The van der Waals surface area contributed by atoms with Crippen molar-refractivity contribution in [3.8, 4) is 0 Å². The summed E-state index contributed by atoms with van der Waals surface area (Å²) < 4.78 is 38.1. The molecule has 0 atom stereocenters. The molecule has 4 heteroatoms. The van der Waals surface area contributed by atoms with Gasteiger partial charge in [-0.05, 0) is 42.2 Å². The van der Waals surface area contributed by atoms with Crippen LogP contribution in [0.5, 0.6) is 0 Å². The van der Waals surface area contributed by atoms with Gasteiger partial charge in [-0.15, -0.1) is 0 Å². The average molecular weight is 293 g/mol. The summed E-state index contributed by atoms with van der Waals surface area (Å²) in [5.41, 5.74) is 3.29. The number of anilines is 1. The van der Waals surface area contributed by atoms with Gasteiger partial charge in [0.1, 0.15) is 0 Å². The first-order valence-corrected chi connectivity index (χ1v) is 6.90. The minimum Gasteiger partial charge on any atom is -0.381 e. The fraction of sp³-hybridized carbons (Fsp3) is 0.294. The number of para-hydroxylation sites is 1. The van der Waals surface area contributed by atoms with Gasteiger partial charge in [-0.3, -0.25) is 0 Å². The molecule has 0 saturated heterocycles. The van der Waals surface area contributed by atoms with Gasteiger partial charge in [0.05, 0.1) is 5.56 Å². The van der Waals surface area contributed by atoms with Crippen molar-refractivity contribution in [2.75, 3.05) is 5.32 Å². The number of benzene rings is 2. The molecule has 0 spiro atoms. The third-order valence-electron chi connectivity index (χ3n) is 3.46. The lowest BCUT2D eigenvalue weighted by molar-refractivity contribution is -0.137. The monoisotopic (exact) mass is 293 g/mol. The molecule has 0 heterocycles. The lowest BCUT2D eigenvalue weighted by atomic mass is 10.1. The van der Waals surface area contributed by atoms with E-state index in [0.29, 0.717) is 12.1 Å². The second-order valence-electron chi connectivity index (χ2n) is 5.01. The molecule has 0 unspecified atom stereocenters. The quantitative estimate of drug-likeness (QED) is 0.818. The van der Waals surface area contributed by atoms with Crippen molar-refractivity contribution < 1.29 is 13.2 Å². The number of rotatable bonds is 4. The van der Waals surface area contributed by atoms with E-state index in [4.69, 9.17) is 0 Å². The lowest BCUT2D eigenvalue weighted by Crippen LogP contribution is -2.08. The summed E-state index contributed by atoms with van der Waals surface area (Å²) in [6.45, 7) is 4.43. The van der Waals surface area contributed by atoms with Crippen LogP contribution in [-0.4, -0.2) is 0 Å². The standard InChI is InChI=1S/C17H18F3N/c1-3-14-8-4-6-12(2)16(14)21-11-13-7-5-9-15(10-13)17(18,19)20/h4-10,21H,3,11H2,1-2H3. The maximum atomic E-state index is 12.7. The number of aryl methyl sites for hydroxylation is 2. The summed E-state index contributed by atoms with van der Waals surface area (Å²) >= 11 is 0. The summed E-state index contributed by atoms with van der Waals surface area (Å²) in [5.74, 6) is 0. The summed E-state index contributed by atoms with van der Waals surface area (Å²) in [6.07, 6.45) is -3.42. The summed E-state index contributed by atoms with van der Waals surface area (Å²) in [7, 11) is 0. The Kier molecular flexibility index (Phi) is 4.56. The van der Waals surface area contributed by atoms with Crippen LogP contribution in [0.3, 0.4) is 0 Å². The zero-order valence-electron chi connectivity index (χ0n) is 12.1. The third kappa shape index (κ3) is 3.78. The molecular formula is C17H18F3N. The van der Waals surface area contributed by atoms with Crippen LogP contribution in [0.25, 0.3) is 0 Å². The highest BCUT2D eigenvalue weighted by atomic mass is 19.4. The lowest BCUT2D eigenvalue weighted by Gasteiger charge is -2.15. The highest BCUT2D eigenvalue weighted by molar-refractivity contribution is 5.57. The largest absolute Gasteiger partial charge is 0.416 e. The van der Waals surface area contributed by atoms with Crippen LogP contribution in [0.1, 0.15) is 29.2 Å². The fourth-order valence-corrected chi connectivity index (χ4v) is 2.32. The fourth-order valence-electron chi connectivity index (χ4n) is 2.32. The van der Waals surface area contributed by atoms with Crippen molar-refractivity contribution in [2.45, 2.75) is 33.0 Å². The zero-order valence-corrected chi connectivity index (χ0v) is 12.1. The van der Waals surface area contributed by atoms with Crippen molar-refractivity contribution in [1.82, 2.24) is 0 Å². The molecule has 0 aromatic heterocycles. The summed E-state index contributed by atoms with van der Waals surface area (Å²) in [5, 5.41) is 3.26. The van der Waals surface area contributed by atoms with E-state index in [1.54, 1.807) is 6.07 Å². The van der Waals surface area contributed by atoms with E-state index in [2.05, 4.69) is 12.2 Å². The highest BCUT2D eigenvalue weighted by Gasteiger charge is 2.30. The highest BCUT2D eigenvalue weighted by Crippen LogP contribution is 2.30. The normalized spacial score (nSPS) is 11.5. The number of halogens is 3.